The molecule has 0 atom stereocenters. The zero-order valence-corrected chi connectivity index (χ0v) is 13.6. The predicted octanol–water partition coefficient (Wildman–Crippen LogP) is 3.29. The molecule has 0 aliphatic carbocycles. The van der Waals surface area contributed by atoms with Gasteiger partial charge in [-0.1, -0.05) is 60.7 Å². The topological polar surface area (TPSA) is 46.9 Å². The summed E-state index contributed by atoms with van der Waals surface area (Å²) in [5.74, 6) is -0.0672. The lowest BCUT2D eigenvalue weighted by molar-refractivity contribution is 0.0953. The van der Waals surface area contributed by atoms with Crippen LogP contribution in [0.25, 0.3) is 0 Å². The van der Waals surface area contributed by atoms with Crippen LogP contribution in [-0.2, 0) is 13.0 Å². The lowest BCUT2D eigenvalue weighted by Gasteiger charge is -2.04. The van der Waals surface area contributed by atoms with Crippen LogP contribution >= 0.6 is 0 Å². The summed E-state index contributed by atoms with van der Waals surface area (Å²) in [6, 6.07) is 20.4. The number of carbonyl (C=O) groups excluding carboxylic acids is 1. The molecule has 1 N–H and O–H groups in total. The normalized spacial score (nSPS) is 10.5. The fourth-order valence-electron chi connectivity index (χ4n) is 2.58. The fraction of sp³-hybridized carbons (Fsp3) is 0.200. The van der Waals surface area contributed by atoms with Crippen LogP contribution < -0.4 is 5.32 Å². The lowest BCUT2D eigenvalue weighted by atomic mass is 10.1. The van der Waals surface area contributed by atoms with Crippen molar-refractivity contribution in [3.8, 4) is 0 Å². The summed E-state index contributed by atoms with van der Waals surface area (Å²) >= 11 is 0. The Balaban J connectivity index is 1.45. The van der Waals surface area contributed by atoms with Gasteiger partial charge in [-0.25, -0.2) is 0 Å². The molecule has 0 aliphatic rings. The van der Waals surface area contributed by atoms with Gasteiger partial charge in [-0.05, 0) is 24.0 Å². The molecule has 0 unspecified atom stereocenters. The minimum Gasteiger partial charge on any atom is -0.352 e. The van der Waals surface area contributed by atoms with Gasteiger partial charge in [0.1, 0.15) is 0 Å². The zero-order valence-electron chi connectivity index (χ0n) is 13.6. The van der Waals surface area contributed by atoms with Crippen molar-refractivity contribution < 1.29 is 4.79 Å². The highest BCUT2D eigenvalue weighted by atomic mass is 16.1. The van der Waals surface area contributed by atoms with Crippen molar-refractivity contribution in [2.24, 2.45) is 0 Å². The van der Waals surface area contributed by atoms with E-state index in [2.05, 4.69) is 22.5 Å². The maximum Gasteiger partial charge on any atom is 0.254 e. The highest BCUT2D eigenvalue weighted by Crippen LogP contribution is 2.05. The summed E-state index contributed by atoms with van der Waals surface area (Å²) in [6.07, 6.45) is 5.30. The Morgan fingerprint density at radius 3 is 2.33 bits per heavy atom. The van der Waals surface area contributed by atoms with Gasteiger partial charge in [0, 0.05) is 12.7 Å². The number of nitrogens with zero attached hydrogens (tertiary/aromatic N) is 2. The number of hydrogen-bond acceptors (Lipinski definition) is 2. The second kappa shape index (κ2) is 8.11. The molecule has 1 amide bonds. The van der Waals surface area contributed by atoms with Crippen molar-refractivity contribution in [3.05, 3.63) is 89.7 Å². The molecule has 3 rings (SSSR count). The van der Waals surface area contributed by atoms with E-state index >= 15 is 0 Å². The first-order valence-corrected chi connectivity index (χ1v) is 8.20. The molecule has 3 aromatic rings. The van der Waals surface area contributed by atoms with Gasteiger partial charge in [-0.2, -0.15) is 5.10 Å². The number of hydrogen-bond donors (Lipinski definition) is 1. The second-order valence-corrected chi connectivity index (χ2v) is 5.76. The van der Waals surface area contributed by atoms with E-state index in [1.54, 1.807) is 17.1 Å². The number of aryl methyl sites for hydroxylation is 1. The molecule has 1 aromatic heterocycles. The minimum atomic E-state index is -0.0672. The molecular formula is C20H21N3O. The van der Waals surface area contributed by atoms with Crippen molar-refractivity contribution >= 4 is 5.91 Å². The average Bonchev–Trinajstić information content (AvgIpc) is 3.09. The highest BCUT2D eigenvalue weighted by molar-refractivity contribution is 5.93. The average molecular weight is 319 g/mol. The Bertz CT molecular complexity index is 766. The molecule has 24 heavy (non-hydrogen) atoms. The molecule has 1 heterocycles. The Labute approximate surface area is 142 Å². The number of carbonyl (C=O) groups is 1. The van der Waals surface area contributed by atoms with Crippen LogP contribution in [-0.4, -0.2) is 22.2 Å². The quantitative estimate of drug-likeness (QED) is 0.679. The Morgan fingerprint density at radius 2 is 1.62 bits per heavy atom. The van der Waals surface area contributed by atoms with Crippen molar-refractivity contribution in [3.63, 3.8) is 0 Å². The molecule has 0 spiro atoms. The standard InChI is InChI=1S/C20H21N3O/c24-20(21-13-7-12-17-8-3-1-4-9-17)19-14-22-23(16-19)15-18-10-5-2-6-11-18/h1-6,8-11,14,16H,7,12-13,15H2,(H,21,24). The van der Waals surface area contributed by atoms with E-state index < -0.39 is 0 Å². The first-order chi connectivity index (χ1) is 11.8. The Morgan fingerprint density at radius 1 is 0.958 bits per heavy atom. The molecule has 4 heteroatoms. The van der Waals surface area contributed by atoms with Gasteiger partial charge in [0.25, 0.3) is 5.91 Å². The zero-order chi connectivity index (χ0) is 16.6. The van der Waals surface area contributed by atoms with Crippen molar-refractivity contribution in [2.45, 2.75) is 19.4 Å². The second-order valence-electron chi connectivity index (χ2n) is 5.76. The van der Waals surface area contributed by atoms with Gasteiger partial charge < -0.3 is 5.32 Å². The largest absolute Gasteiger partial charge is 0.352 e. The highest BCUT2D eigenvalue weighted by Gasteiger charge is 2.08. The maximum absolute atomic E-state index is 12.2. The van der Waals surface area contributed by atoms with Gasteiger partial charge in [-0.3, -0.25) is 9.48 Å². The van der Waals surface area contributed by atoms with Crippen LogP contribution in [0.3, 0.4) is 0 Å². The van der Waals surface area contributed by atoms with Gasteiger partial charge in [0.2, 0.25) is 0 Å². The smallest absolute Gasteiger partial charge is 0.254 e. The monoisotopic (exact) mass is 319 g/mol. The first-order valence-electron chi connectivity index (χ1n) is 8.20. The molecule has 122 valence electrons. The Kier molecular flexibility index (Phi) is 5.40. The first kappa shape index (κ1) is 16.0. The van der Waals surface area contributed by atoms with Crippen LogP contribution in [0, 0.1) is 0 Å². The van der Waals surface area contributed by atoms with Gasteiger partial charge >= 0.3 is 0 Å². The number of benzene rings is 2. The molecule has 0 saturated heterocycles. The van der Waals surface area contributed by atoms with Crippen LogP contribution in [0.1, 0.15) is 27.9 Å². The Hall–Kier alpha value is -2.88. The summed E-state index contributed by atoms with van der Waals surface area (Å²) in [5.41, 5.74) is 3.06. The van der Waals surface area contributed by atoms with Crippen LogP contribution in [0.15, 0.2) is 73.1 Å². The van der Waals surface area contributed by atoms with E-state index in [0.29, 0.717) is 18.7 Å². The van der Waals surface area contributed by atoms with E-state index in [4.69, 9.17) is 0 Å². The molecule has 0 aliphatic heterocycles. The van der Waals surface area contributed by atoms with Crippen LogP contribution in [0.2, 0.25) is 0 Å². The molecule has 4 nitrogen and oxygen atoms in total. The number of nitrogens with one attached hydrogen (secondary N) is 1. The number of aromatic nitrogens is 2. The van der Waals surface area contributed by atoms with Gasteiger partial charge in [0.05, 0.1) is 18.3 Å². The van der Waals surface area contributed by atoms with Gasteiger partial charge in [-0.15, -0.1) is 0 Å². The third-order valence-electron chi connectivity index (χ3n) is 3.85. The molecule has 0 fully saturated rings. The lowest BCUT2D eigenvalue weighted by Crippen LogP contribution is -2.24. The van der Waals surface area contributed by atoms with Crippen molar-refractivity contribution in [1.82, 2.24) is 15.1 Å². The maximum atomic E-state index is 12.2. The van der Waals surface area contributed by atoms with E-state index in [-0.39, 0.29) is 5.91 Å². The van der Waals surface area contributed by atoms with Crippen molar-refractivity contribution in [1.29, 1.82) is 0 Å². The van der Waals surface area contributed by atoms with Crippen LogP contribution in [0.4, 0.5) is 0 Å². The SMILES string of the molecule is O=C(NCCCc1ccccc1)c1cnn(Cc2ccccc2)c1. The molecular weight excluding hydrogens is 298 g/mol. The summed E-state index contributed by atoms with van der Waals surface area (Å²) < 4.78 is 1.79. The number of rotatable bonds is 7. The molecule has 0 radical (unpaired) electrons. The van der Waals surface area contributed by atoms with E-state index in [1.807, 2.05) is 48.5 Å². The van der Waals surface area contributed by atoms with Crippen LogP contribution in [0.5, 0.6) is 0 Å². The molecule has 0 bridgehead atoms. The predicted molar refractivity (Wildman–Crippen MR) is 94.9 cm³/mol. The fourth-order valence-corrected chi connectivity index (χ4v) is 2.58. The summed E-state index contributed by atoms with van der Waals surface area (Å²) in [7, 11) is 0. The molecule has 0 saturated carbocycles. The van der Waals surface area contributed by atoms with Crippen molar-refractivity contribution in [2.75, 3.05) is 6.54 Å². The third-order valence-corrected chi connectivity index (χ3v) is 3.85. The summed E-state index contributed by atoms with van der Waals surface area (Å²) in [6.45, 7) is 1.33. The summed E-state index contributed by atoms with van der Waals surface area (Å²) in [5, 5.41) is 7.22. The van der Waals surface area contributed by atoms with Gasteiger partial charge in [0.15, 0.2) is 0 Å². The van der Waals surface area contributed by atoms with E-state index in [0.717, 1.165) is 18.4 Å². The minimum absolute atomic E-state index is 0.0672. The molecule has 2 aromatic carbocycles. The van der Waals surface area contributed by atoms with E-state index in [9.17, 15) is 4.79 Å². The number of amides is 1. The summed E-state index contributed by atoms with van der Waals surface area (Å²) in [4.78, 5) is 12.2. The van der Waals surface area contributed by atoms with E-state index in [1.165, 1.54) is 5.56 Å². The third kappa shape index (κ3) is 4.56.